The zero-order valence-electron chi connectivity index (χ0n) is 19.5. The SMILES string of the molecule is COc1ccc(-c2noc(CN(C)C(=O)c3cc(Cl)ccc3OCc3ccccc3)n2)cc1OC. The van der Waals surface area contributed by atoms with E-state index in [0.717, 1.165) is 5.56 Å². The van der Waals surface area contributed by atoms with Gasteiger partial charge in [0.05, 0.1) is 19.8 Å². The molecule has 0 N–H and O–H groups in total. The molecule has 4 rings (SSSR count). The maximum atomic E-state index is 13.2. The summed E-state index contributed by atoms with van der Waals surface area (Å²) in [4.78, 5) is 19.1. The molecule has 9 heteroatoms. The summed E-state index contributed by atoms with van der Waals surface area (Å²) in [5, 5.41) is 4.46. The van der Waals surface area contributed by atoms with Crippen molar-refractivity contribution < 1.29 is 23.5 Å². The van der Waals surface area contributed by atoms with E-state index < -0.39 is 0 Å². The van der Waals surface area contributed by atoms with E-state index in [9.17, 15) is 4.79 Å². The van der Waals surface area contributed by atoms with Gasteiger partial charge < -0.3 is 23.6 Å². The molecule has 0 spiro atoms. The van der Waals surface area contributed by atoms with Gasteiger partial charge in [0, 0.05) is 17.6 Å². The Bertz CT molecular complexity index is 1310. The van der Waals surface area contributed by atoms with E-state index >= 15 is 0 Å². The van der Waals surface area contributed by atoms with Crippen molar-refractivity contribution in [2.75, 3.05) is 21.3 Å². The summed E-state index contributed by atoms with van der Waals surface area (Å²) in [5.41, 5.74) is 2.02. The number of halogens is 1. The quantitative estimate of drug-likeness (QED) is 0.314. The third-order valence-electron chi connectivity index (χ3n) is 5.24. The monoisotopic (exact) mass is 493 g/mol. The first-order valence-electron chi connectivity index (χ1n) is 10.7. The standard InChI is InChI=1S/C26H24ClN3O5/c1-30(15-24-28-25(29-35-24)18-9-11-22(32-2)23(13-18)33-3)26(31)20-14-19(27)10-12-21(20)34-16-17-7-5-4-6-8-17/h4-14H,15-16H2,1-3H3. The lowest BCUT2D eigenvalue weighted by atomic mass is 10.1. The summed E-state index contributed by atoms with van der Waals surface area (Å²) in [6.07, 6.45) is 0. The summed E-state index contributed by atoms with van der Waals surface area (Å²) in [6, 6.07) is 20.0. The van der Waals surface area contributed by atoms with Gasteiger partial charge >= 0.3 is 0 Å². The topological polar surface area (TPSA) is 86.9 Å². The second kappa shape index (κ2) is 10.9. The Morgan fingerprint density at radius 1 is 0.971 bits per heavy atom. The number of rotatable bonds is 9. The van der Waals surface area contributed by atoms with Crippen molar-refractivity contribution in [2.45, 2.75) is 13.2 Å². The van der Waals surface area contributed by atoms with E-state index in [1.807, 2.05) is 30.3 Å². The van der Waals surface area contributed by atoms with Crippen LogP contribution in [-0.2, 0) is 13.2 Å². The van der Waals surface area contributed by atoms with Crippen molar-refractivity contribution in [1.29, 1.82) is 0 Å². The average molecular weight is 494 g/mol. The maximum absolute atomic E-state index is 13.2. The third kappa shape index (κ3) is 5.73. The van der Waals surface area contributed by atoms with Gasteiger partial charge in [0.25, 0.3) is 5.91 Å². The van der Waals surface area contributed by atoms with Crippen LogP contribution in [0.3, 0.4) is 0 Å². The fourth-order valence-electron chi connectivity index (χ4n) is 3.42. The molecule has 1 heterocycles. The zero-order chi connectivity index (χ0) is 24.8. The van der Waals surface area contributed by atoms with Crippen molar-refractivity contribution in [3.8, 4) is 28.6 Å². The van der Waals surface area contributed by atoms with Crippen LogP contribution in [0.2, 0.25) is 5.02 Å². The van der Waals surface area contributed by atoms with Gasteiger partial charge in [-0.3, -0.25) is 4.79 Å². The molecule has 180 valence electrons. The zero-order valence-corrected chi connectivity index (χ0v) is 20.3. The molecule has 0 saturated carbocycles. The highest BCUT2D eigenvalue weighted by Gasteiger charge is 2.21. The van der Waals surface area contributed by atoms with Crippen LogP contribution in [0.5, 0.6) is 17.2 Å². The number of hydrogen-bond donors (Lipinski definition) is 0. The lowest BCUT2D eigenvalue weighted by molar-refractivity contribution is 0.0764. The molecule has 0 unspecified atom stereocenters. The number of nitrogens with zero attached hydrogens (tertiary/aromatic N) is 3. The second-order valence-corrected chi connectivity index (χ2v) is 8.09. The molecule has 0 radical (unpaired) electrons. The van der Waals surface area contributed by atoms with E-state index in [2.05, 4.69) is 10.1 Å². The van der Waals surface area contributed by atoms with Crippen molar-refractivity contribution >= 4 is 17.5 Å². The van der Waals surface area contributed by atoms with Gasteiger partial charge in [-0.1, -0.05) is 47.1 Å². The molecule has 0 aliphatic carbocycles. The van der Waals surface area contributed by atoms with Crippen molar-refractivity contribution in [2.24, 2.45) is 0 Å². The summed E-state index contributed by atoms with van der Waals surface area (Å²) in [6.45, 7) is 0.425. The van der Waals surface area contributed by atoms with E-state index in [1.54, 1.807) is 57.7 Å². The predicted octanol–water partition coefficient (Wildman–Crippen LogP) is 5.26. The average Bonchev–Trinajstić information content (AvgIpc) is 3.36. The Hall–Kier alpha value is -4.04. The minimum atomic E-state index is -0.290. The maximum Gasteiger partial charge on any atom is 0.257 e. The molecular formula is C26H24ClN3O5. The first-order valence-corrected chi connectivity index (χ1v) is 11.1. The smallest absolute Gasteiger partial charge is 0.257 e. The molecule has 4 aromatic rings. The first kappa shape index (κ1) is 24.1. The summed E-state index contributed by atoms with van der Waals surface area (Å²) < 4.78 is 21.9. The number of ether oxygens (including phenoxy) is 3. The highest BCUT2D eigenvalue weighted by Crippen LogP contribution is 2.31. The van der Waals surface area contributed by atoms with Crippen LogP contribution < -0.4 is 14.2 Å². The van der Waals surface area contributed by atoms with Crippen molar-refractivity contribution in [3.05, 3.63) is 88.8 Å². The van der Waals surface area contributed by atoms with Crippen LogP contribution in [0.4, 0.5) is 0 Å². The highest BCUT2D eigenvalue weighted by molar-refractivity contribution is 6.31. The van der Waals surface area contributed by atoms with E-state index in [4.69, 9.17) is 30.3 Å². The molecule has 0 aliphatic rings. The highest BCUT2D eigenvalue weighted by atomic mass is 35.5. The lowest BCUT2D eigenvalue weighted by Gasteiger charge is -2.18. The number of amides is 1. The summed E-state index contributed by atoms with van der Waals surface area (Å²) in [5.74, 6) is 1.94. The van der Waals surface area contributed by atoms with Crippen LogP contribution >= 0.6 is 11.6 Å². The van der Waals surface area contributed by atoms with Gasteiger partial charge in [0.15, 0.2) is 11.5 Å². The number of methoxy groups -OCH3 is 2. The fourth-order valence-corrected chi connectivity index (χ4v) is 3.59. The molecule has 0 aliphatic heterocycles. The Labute approximate surface area is 208 Å². The molecule has 3 aromatic carbocycles. The van der Waals surface area contributed by atoms with Crippen LogP contribution in [0, 0.1) is 0 Å². The van der Waals surface area contributed by atoms with Crippen LogP contribution in [-0.4, -0.2) is 42.2 Å². The fraction of sp³-hybridized carbons (Fsp3) is 0.192. The summed E-state index contributed by atoms with van der Waals surface area (Å²) >= 11 is 6.17. The molecule has 0 saturated heterocycles. The molecule has 0 bridgehead atoms. The molecule has 1 aromatic heterocycles. The molecule has 35 heavy (non-hydrogen) atoms. The Morgan fingerprint density at radius 3 is 2.46 bits per heavy atom. The minimum Gasteiger partial charge on any atom is -0.493 e. The molecule has 1 amide bonds. The van der Waals surface area contributed by atoms with Crippen LogP contribution in [0.1, 0.15) is 21.8 Å². The molecule has 8 nitrogen and oxygen atoms in total. The third-order valence-corrected chi connectivity index (χ3v) is 5.47. The van der Waals surface area contributed by atoms with E-state index in [-0.39, 0.29) is 18.3 Å². The van der Waals surface area contributed by atoms with Gasteiger partial charge in [0.2, 0.25) is 11.7 Å². The molecule has 0 atom stereocenters. The van der Waals surface area contributed by atoms with Gasteiger partial charge in [-0.05, 0) is 42.0 Å². The number of carbonyl (C=O) groups is 1. The normalized spacial score (nSPS) is 10.6. The molecule has 0 fully saturated rings. The van der Waals surface area contributed by atoms with Crippen LogP contribution in [0.15, 0.2) is 71.3 Å². The van der Waals surface area contributed by atoms with Crippen molar-refractivity contribution in [3.63, 3.8) is 0 Å². The lowest BCUT2D eigenvalue weighted by Crippen LogP contribution is -2.27. The Balaban J connectivity index is 1.48. The first-order chi connectivity index (χ1) is 17.0. The minimum absolute atomic E-state index is 0.101. The van der Waals surface area contributed by atoms with E-state index in [0.29, 0.717) is 45.8 Å². The number of carbonyl (C=O) groups excluding carboxylic acids is 1. The van der Waals surface area contributed by atoms with E-state index in [1.165, 1.54) is 4.90 Å². The van der Waals surface area contributed by atoms with Gasteiger partial charge in [-0.25, -0.2) is 0 Å². The Morgan fingerprint density at radius 2 is 1.71 bits per heavy atom. The number of aromatic nitrogens is 2. The second-order valence-electron chi connectivity index (χ2n) is 7.66. The van der Waals surface area contributed by atoms with Gasteiger partial charge in [-0.2, -0.15) is 4.98 Å². The summed E-state index contributed by atoms with van der Waals surface area (Å²) in [7, 11) is 4.76. The number of hydrogen-bond acceptors (Lipinski definition) is 7. The largest absolute Gasteiger partial charge is 0.493 e. The van der Waals surface area contributed by atoms with Gasteiger partial charge in [-0.15, -0.1) is 0 Å². The van der Waals surface area contributed by atoms with Crippen LogP contribution in [0.25, 0.3) is 11.4 Å². The number of benzene rings is 3. The molecular weight excluding hydrogens is 470 g/mol. The Kier molecular flexibility index (Phi) is 7.52. The predicted molar refractivity (Wildman–Crippen MR) is 131 cm³/mol. The van der Waals surface area contributed by atoms with Gasteiger partial charge in [0.1, 0.15) is 18.9 Å². The van der Waals surface area contributed by atoms with Crippen molar-refractivity contribution in [1.82, 2.24) is 15.0 Å².